The molecule has 0 unspecified atom stereocenters. The average molecular weight is 368 g/mol. The molecule has 2 heterocycles. The van der Waals surface area contributed by atoms with Gasteiger partial charge in [-0.1, -0.05) is 12.1 Å². The van der Waals surface area contributed by atoms with Crippen LogP contribution in [-0.4, -0.2) is 64.6 Å². The Balaban J connectivity index is 1.54. The zero-order chi connectivity index (χ0) is 18.7. The molecular formula is C17H19F3N4O2. The van der Waals surface area contributed by atoms with Crippen LogP contribution >= 0.6 is 0 Å². The third-order valence-corrected chi connectivity index (χ3v) is 4.37. The number of rotatable bonds is 4. The van der Waals surface area contributed by atoms with E-state index in [2.05, 4.69) is 9.97 Å². The molecule has 1 aromatic carbocycles. The van der Waals surface area contributed by atoms with Gasteiger partial charge in [0.2, 0.25) is 5.91 Å². The molecule has 1 fully saturated rings. The predicted molar refractivity (Wildman–Crippen MR) is 89.8 cm³/mol. The van der Waals surface area contributed by atoms with E-state index in [1.165, 1.54) is 4.90 Å². The summed E-state index contributed by atoms with van der Waals surface area (Å²) < 4.78 is 37.2. The lowest BCUT2D eigenvalue weighted by Gasteiger charge is -2.35. The monoisotopic (exact) mass is 368 g/mol. The molecule has 3 rings (SSSR count). The number of amides is 1. The van der Waals surface area contributed by atoms with Gasteiger partial charge in [-0.05, 0) is 12.1 Å². The Bertz CT molecular complexity index is 842. The number of benzene rings is 1. The van der Waals surface area contributed by atoms with Crippen molar-refractivity contribution in [1.82, 2.24) is 19.8 Å². The van der Waals surface area contributed by atoms with Crippen molar-refractivity contribution in [3.63, 3.8) is 0 Å². The summed E-state index contributed by atoms with van der Waals surface area (Å²) in [5.74, 6) is 0.283. The number of alkyl halides is 3. The Morgan fingerprint density at radius 1 is 1.15 bits per heavy atom. The number of nitrogens with zero attached hydrogens (tertiary/aromatic N) is 3. The minimum absolute atomic E-state index is 0.146. The first kappa shape index (κ1) is 18.4. The molecule has 1 aliphatic heterocycles. The molecule has 1 saturated heterocycles. The summed E-state index contributed by atoms with van der Waals surface area (Å²) in [6.07, 6.45) is -3.79. The third-order valence-electron chi connectivity index (χ3n) is 4.37. The Morgan fingerprint density at radius 3 is 2.54 bits per heavy atom. The summed E-state index contributed by atoms with van der Waals surface area (Å²) >= 11 is 0. The number of hydrogen-bond acceptors (Lipinski definition) is 4. The van der Waals surface area contributed by atoms with E-state index in [-0.39, 0.29) is 50.5 Å². The van der Waals surface area contributed by atoms with Crippen molar-refractivity contribution in [3.05, 3.63) is 40.4 Å². The Morgan fingerprint density at radius 2 is 1.85 bits per heavy atom. The summed E-state index contributed by atoms with van der Waals surface area (Å²) in [7, 11) is 0. The van der Waals surface area contributed by atoms with Gasteiger partial charge >= 0.3 is 6.18 Å². The molecular weight excluding hydrogens is 349 g/mol. The van der Waals surface area contributed by atoms with Gasteiger partial charge < -0.3 is 9.88 Å². The van der Waals surface area contributed by atoms with Gasteiger partial charge in [0.15, 0.2) is 0 Å². The highest BCUT2D eigenvalue weighted by atomic mass is 19.4. The van der Waals surface area contributed by atoms with Crippen LogP contribution in [0.3, 0.4) is 0 Å². The summed E-state index contributed by atoms with van der Waals surface area (Å²) in [4.78, 5) is 34.2. The van der Waals surface area contributed by atoms with E-state index in [4.69, 9.17) is 0 Å². The number of para-hydroxylation sites is 1. The first-order valence-electron chi connectivity index (χ1n) is 8.37. The largest absolute Gasteiger partial charge is 0.401 e. The fourth-order valence-corrected chi connectivity index (χ4v) is 3.05. The van der Waals surface area contributed by atoms with Gasteiger partial charge in [0.25, 0.3) is 5.56 Å². The van der Waals surface area contributed by atoms with Crippen LogP contribution in [0.4, 0.5) is 13.2 Å². The lowest BCUT2D eigenvalue weighted by Crippen LogP contribution is -2.51. The van der Waals surface area contributed by atoms with Crippen molar-refractivity contribution in [1.29, 1.82) is 0 Å². The van der Waals surface area contributed by atoms with E-state index in [0.717, 1.165) is 0 Å². The first-order valence-corrected chi connectivity index (χ1v) is 8.37. The number of fused-ring (bicyclic) bond motifs is 1. The molecule has 1 amide bonds. The van der Waals surface area contributed by atoms with Crippen LogP contribution in [0.1, 0.15) is 12.2 Å². The fraction of sp³-hybridized carbons (Fsp3) is 0.471. The Labute approximate surface area is 147 Å². The summed E-state index contributed by atoms with van der Waals surface area (Å²) in [6.45, 7) is 0.0110. The van der Waals surface area contributed by atoms with Crippen molar-refractivity contribution >= 4 is 16.8 Å². The van der Waals surface area contributed by atoms with E-state index in [0.29, 0.717) is 16.7 Å². The fourth-order valence-electron chi connectivity index (χ4n) is 3.05. The second-order valence-corrected chi connectivity index (χ2v) is 6.30. The molecule has 0 aliphatic carbocycles. The number of H-pyrrole nitrogens is 1. The van der Waals surface area contributed by atoms with Crippen molar-refractivity contribution in [3.8, 4) is 0 Å². The van der Waals surface area contributed by atoms with E-state index >= 15 is 0 Å². The van der Waals surface area contributed by atoms with Crippen LogP contribution in [0, 0.1) is 0 Å². The summed E-state index contributed by atoms with van der Waals surface area (Å²) in [5, 5.41) is 0.489. The molecule has 1 aliphatic rings. The molecule has 9 heteroatoms. The van der Waals surface area contributed by atoms with E-state index in [1.807, 2.05) is 0 Å². The zero-order valence-electron chi connectivity index (χ0n) is 14.1. The van der Waals surface area contributed by atoms with Crippen LogP contribution < -0.4 is 5.56 Å². The van der Waals surface area contributed by atoms with E-state index < -0.39 is 12.7 Å². The second-order valence-electron chi connectivity index (χ2n) is 6.30. The molecule has 0 spiro atoms. The van der Waals surface area contributed by atoms with Crippen LogP contribution in [-0.2, 0) is 11.2 Å². The third kappa shape index (κ3) is 4.60. The van der Waals surface area contributed by atoms with Gasteiger partial charge in [-0.25, -0.2) is 4.98 Å². The number of piperazine rings is 1. The highest BCUT2D eigenvalue weighted by molar-refractivity contribution is 5.78. The summed E-state index contributed by atoms with van der Waals surface area (Å²) in [6, 6.07) is 6.94. The second kappa shape index (κ2) is 7.45. The lowest BCUT2D eigenvalue weighted by molar-refractivity contribution is -0.151. The maximum absolute atomic E-state index is 12.4. The molecule has 0 atom stereocenters. The normalized spacial score (nSPS) is 16.2. The van der Waals surface area contributed by atoms with E-state index in [1.54, 1.807) is 29.2 Å². The number of carbonyl (C=O) groups is 1. The number of aromatic nitrogens is 2. The lowest BCUT2D eigenvalue weighted by atomic mass is 10.2. The molecule has 0 saturated carbocycles. The van der Waals surface area contributed by atoms with Gasteiger partial charge in [0.05, 0.1) is 17.4 Å². The molecule has 0 bridgehead atoms. The van der Waals surface area contributed by atoms with Crippen molar-refractivity contribution < 1.29 is 18.0 Å². The molecule has 2 aromatic rings. The predicted octanol–water partition coefficient (Wildman–Crippen LogP) is 1.56. The highest BCUT2D eigenvalue weighted by Gasteiger charge is 2.32. The first-order chi connectivity index (χ1) is 12.3. The van der Waals surface area contributed by atoms with Gasteiger partial charge in [0, 0.05) is 39.0 Å². The SMILES string of the molecule is O=C(CCc1nc2ccccc2c(=O)[nH]1)N1CCN(CC(F)(F)F)CC1. The van der Waals surface area contributed by atoms with Crippen LogP contribution in [0.15, 0.2) is 29.1 Å². The van der Waals surface area contributed by atoms with Crippen LogP contribution in [0.2, 0.25) is 0 Å². The highest BCUT2D eigenvalue weighted by Crippen LogP contribution is 2.17. The maximum atomic E-state index is 12.4. The number of carbonyl (C=O) groups excluding carboxylic acids is 1. The molecule has 26 heavy (non-hydrogen) atoms. The zero-order valence-corrected chi connectivity index (χ0v) is 14.1. The molecule has 1 aromatic heterocycles. The number of halogens is 3. The number of nitrogens with one attached hydrogen (secondary N) is 1. The molecule has 1 N–H and O–H groups in total. The maximum Gasteiger partial charge on any atom is 0.401 e. The van der Waals surface area contributed by atoms with Crippen LogP contribution in [0.5, 0.6) is 0 Å². The smallest absolute Gasteiger partial charge is 0.340 e. The van der Waals surface area contributed by atoms with Gasteiger partial charge in [-0.3, -0.25) is 14.5 Å². The number of hydrogen-bond donors (Lipinski definition) is 1. The quantitative estimate of drug-likeness (QED) is 0.889. The number of aryl methyl sites for hydroxylation is 1. The van der Waals surface area contributed by atoms with Crippen molar-refractivity contribution in [2.24, 2.45) is 0 Å². The Kier molecular flexibility index (Phi) is 5.26. The minimum Gasteiger partial charge on any atom is -0.340 e. The van der Waals surface area contributed by atoms with Gasteiger partial charge in [-0.15, -0.1) is 0 Å². The van der Waals surface area contributed by atoms with Crippen molar-refractivity contribution in [2.75, 3.05) is 32.7 Å². The standard InChI is InChI=1S/C17H19F3N4O2/c18-17(19,20)11-23-7-9-24(10-8-23)15(25)6-5-14-21-13-4-2-1-3-12(13)16(26)22-14/h1-4H,5-11H2,(H,21,22,26). The molecule has 0 radical (unpaired) electrons. The van der Waals surface area contributed by atoms with E-state index in [9.17, 15) is 22.8 Å². The van der Waals surface area contributed by atoms with Crippen molar-refractivity contribution in [2.45, 2.75) is 19.0 Å². The van der Waals surface area contributed by atoms with Gasteiger partial charge in [0.1, 0.15) is 5.82 Å². The molecule has 6 nitrogen and oxygen atoms in total. The number of aromatic amines is 1. The molecule has 140 valence electrons. The average Bonchev–Trinajstić information content (AvgIpc) is 2.59. The minimum atomic E-state index is -4.22. The topological polar surface area (TPSA) is 69.3 Å². The van der Waals surface area contributed by atoms with Crippen LogP contribution in [0.25, 0.3) is 10.9 Å². The van der Waals surface area contributed by atoms with Gasteiger partial charge in [-0.2, -0.15) is 13.2 Å². The summed E-state index contributed by atoms with van der Waals surface area (Å²) in [5.41, 5.74) is 0.318. The Hall–Kier alpha value is -2.42.